The predicted molar refractivity (Wildman–Crippen MR) is 66.4 cm³/mol. The SMILES string of the molecule is COC(c1ccccc1Cl)=[N+]1CCCCC1. The number of halogens is 1. The normalized spacial score (nSPS) is 16.0. The van der Waals surface area contributed by atoms with Crippen molar-refractivity contribution < 1.29 is 9.31 Å². The van der Waals surface area contributed by atoms with Gasteiger partial charge in [0.25, 0.3) is 0 Å². The third kappa shape index (κ3) is 2.38. The van der Waals surface area contributed by atoms with E-state index in [-0.39, 0.29) is 0 Å². The summed E-state index contributed by atoms with van der Waals surface area (Å²) in [5, 5.41) is 0.755. The highest BCUT2D eigenvalue weighted by Gasteiger charge is 2.22. The average molecular weight is 239 g/mol. The van der Waals surface area contributed by atoms with Gasteiger partial charge in [0.15, 0.2) is 0 Å². The fraction of sp³-hybridized carbons (Fsp3) is 0.462. The zero-order valence-electron chi connectivity index (χ0n) is 9.58. The summed E-state index contributed by atoms with van der Waals surface area (Å²) in [6, 6.07) is 7.84. The predicted octanol–water partition coefficient (Wildman–Crippen LogP) is 2.93. The van der Waals surface area contributed by atoms with Crippen molar-refractivity contribution in [1.82, 2.24) is 0 Å². The minimum atomic E-state index is 0.755. The highest BCUT2D eigenvalue weighted by atomic mass is 35.5. The lowest BCUT2D eigenvalue weighted by Gasteiger charge is -2.13. The van der Waals surface area contributed by atoms with Gasteiger partial charge in [0.2, 0.25) is 0 Å². The molecule has 0 radical (unpaired) electrons. The summed E-state index contributed by atoms with van der Waals surface area (Å²) < 4.78 is 7.80. The molecule has 0 saturated carbocycles. The van der Waals surface area contributed by atoms with Crippen molar-refractivity contribution in [3.63, 3.8) is 0 Å². The molecule has 3 heteroatoms. The van der Waals surface area contributed by atoms with Crippen LogP contribution in [0.25, 0.3) is 0 Å². The van der Waals surface area contributed by atoms with Crippen LogP contribution in [0.1, 0.15) is 24.8 Å². The van der Waals surface area contributed by atoms with Gasteiger partial charge in [-0.1, -0.05) is 23.7 Å². The largest absolute Gasteiger partial charge is 0.448 e. The van der Waals surface area contributed by atoms with Gasteiger partial charge in [-0.05, 0) is 18.6 Å². The molecular formula is C13H17ClNO+. The number of methoxy groups -OCH3 is 1. The number of benzene rings is 1. The summed E-state index contributed by atoms with van der Waals surface area (Å²) in [5.74, 6) is 0.908. The highest BCUT2D eigenvalue weighted by Crippen LogP contribution is 2.17. The molecule has 1 aliphatic heterocycles. The Morgan fingerprint density at radius 2 is 1.88 bits per heavy atom. The lowest BCUT2D eigenvalue weighted by Crippen LogP contribution is -2.29. The Morgan fingerprint density at radius 3 is 2.50 bits per heavy atom. The molecule has 1 saturated heterocycles. The molecule has 0 atom stereocenters. The minimum absolute atomic E-state index is 0.755. The fourth-order valence-corrected chi connectivity index (χ4v) is 2.36. The number of hydrogen-bond donors (Lipinski definition) is 0. The Balaban J connectivity index is 2.38. The van der Waals surface area contributed by atoms with Crippen LogP contribution in [0, 0.1) is 0 Å². The Kier molecular flexibility index (Phi) is 3.83. The van der Waals surface area contributed by atoms with Crippen LogP contribution in [0.4, 0.5) is 0 Å². The number of ether oxygens (including phenoxy) is 1. The van der Waals surface area contributed by atoms with E-state index in [9.17, 15) is 0 Å². The van der Waals surface area contributed by atoms with E-state index in [2.05, 4.69) is 4.58 Å². The first-order valence-corrected chi connectivity index (χ1v) is 6.11. The van der Waals surface area contributed by atoms with E-state index in [1.54, 1.807) is 7.11 Å². The molecule has 0 bridgehead atoms. The van der Waals surface area contributed by atoms with E-state index in [1.165, 1.54) is 19.3 Å². The first-order chi connectivity index (χ1) is 7.83. The van der Waals surface area contributed by atoms with Crippen molar-refractivity contribution in [2.24, 2.45) is 0 Å². The first-order valence-electron chi connectivity index (χ1n) is 5.73. The molecule has 0 aromatic heterocycles. The van der Waals surface area contributed by atoms with Crippen LogP contribution in [-0.2, 0) is 4.74 Å². The van der Waals surface area contributed by atoms with E-state index in [4.69, 9.17) is 16.3 Å². The standard InChI is InChI=1S/C13H17ClNO/c1-16-13(15-9-5-2-6-10-15)11-7-3-4-8-12(11)14/h3-4,7-8H,2,5-6,9-10H2,1H3/q+1. The van der Waals surface area contributed by atoms with Crippen LogP contribution in [0.5, 0.6) is 0 Å². The van der Waals surface area contributed by atoms with Crippen LogP contribution in [0.15, 0.2) is 24.3 Å². The fourth-order valence-electron chi connectivity index (χ4n) is 2.14. The third-order valence-electron chi connectivity index (χ3n) is 2.94. The maximum Gasteiger partial charge on any atom is 0.371 e. The summed E-state index contributed by atoms with van der Waals surface area (Å²) in [5.41, 5.74) is 0.994. The Hall–Kier alpha value is -1.02. The van der Waals surface area contributed by atoms with Gasteiger partial charge in [-0.15, -0.1) is 0 Å². The van der Waals surface area contributed by atoms with Gasteiger partial charge < -0.3 is 4.74 Å². The molecule has 1 heterocycles. The molecule has 86 valence electrons. The summed E-state index contributed by atoms with van der Waals surface area (Å²) in [7, 11) is 1.72. The second kappa shape index (κ2) is 5.35. The van der Waals surface area contributed by atoms with Crippen molar-refractivity contribution in [3.8, 4) is 0 Å². The van der Waals surface area contributed by atoms with Crippen molar-refractivity contribution in [1.29, 1.82) is 0 Å². The maximum atomic E-state index is 6.19. The smallest absolute Gasteiger partial charge is 0.371 e. The number of nitrogens with zero attached hydrogens (tertiary/aromatic N) is 1. The Labute approximate surface area is 102 Å². The quantitative estimate of drug-likeness (QED) is 0.541. The molecule has 2 nitrogen and oxygen atoms in total. The Morgan fingerprint density at radius 1 is 1.19 bits per heavy atom. The van der Waals surface area contributed by atoms with Gasteiger partial charge in [0.05, 0.1) is 12.1 Å². The average Bonchev–Trinajstić information content (AvgIpc) is 2.34. The van der Waals surface area contributed by atoms with Crippen molar-refractivity contribution in [3.05, 3.63) is 34.9 Å². The van der Waals surface area contributed by atoms with Crippen LogP contribution in [0.2, 0.25) is 5.02 Å². The van der Waals surface area contributed by atoms with Gasteiger partial charge >= 0.3 is 5.90 Å². The molecule has 1 aliphatic rings. The molecule has 0 spiro atoms. The topological polar surface area (TPSA) is 12.2 Å². The molecule has 0 unspecified atom stereocenters. The molecule has 0 aliphatic carbocycles. The summed E-state index contributed by atoms with van der Waals surface area (Å²) in [4.78, 5) is 0. The van der Waals surface area contributed by atoms with E-state index >= 15 is 0 Å². The molecule has 16 heavy (non-hydrogen) atoms. The molecule has 0 N–H and O–H groups in total. The third-order valence-corrected chi connectivity index (χ3v) is 3.27. The van der Waals surface area contributed by atoms with Crippen molar-refractivity contribution in [2.45, 2.75) is 19.3 Å². The monoisotopic (exact) mass is 238 g/mol. The first kappa shape index (κ1) is 11.5. The van der Waals surface area contributed by atoms with E-state index in [1.807, 2.05) is 24.3 Å². The minimum Gasteiger partial charge on any atom is -0.448 e. The summed E-state index contributed by atoms with van der Waals surface area (Å²) in [6.45, 7) is 2.13. The highest BCUT2D eigenvalue weighted by molar-refractivity contribution is 6.33. The molecular weight excluding hydrogens is 222 g/mol. The Bertz CT molecular complexity index is 393. The van der Waals surface area contributed by atoms with E-state index in [0.29, 0.717) is 0 Å². The molecule has 1 fully saturated rings. The second-order valence-corrected chi connectivity index (χ2v) is 4.44. The molecule has 2 rings (SSSR count). The molecule has 1 aromatic rings. The van der Waals surface area contributed by atoms with Crippen molar-refractivity contribution in [2.75, 3.05) is 20.2 Å². The van der Waals surface area contributed by atoms with Crippen LogP contribution >= 0.6 is 11.6 Å². The summed E-state index contributed by atoms with van der Waals surface area (Å²) >= 11 is 6.19. The van der Waals surface area contributed by atoms with Crippen LogP contribution in [0.3, 0.4) is 0 Å². The summed E-state index contributed by atoms with van der Waals surface area (Å²) in [6.07, 6.45) is 3.78. The number of hydrogen-bond acceptors (Lipinski definition) is 1. The van der Waals surface area contributed by atoms with Crippen LogP contribution in [-0.4, -0.2) is 30.7 Å². The van der Waals surface area contributed by atoms with Crippen molar-refractivity contribution >= 4 is 17.5 Å². The maximum absolute atomic E-state index is 6.19. The van der Waals surface area contributed by atoms with Gasteiger partial charge in [0.1, 0.15) is 18.7 Å². The molecule has 1 aromatic carbocycles. The van der Waals surface area contributed by atoms with Gasteiger partial charge in [-0.2, -0.15) is 4.58 Å². The number of piperidine rings is 1. The lowest BCUT2D eigenvalue weighted by atomic mass is 10.1. The van der Waals surface area contributed by atoms with E-state index in [0.717, 1.165) is 29.6 Å². The van der Waals surface area contributed by atoms with Gasteiger partial charge in [-0.25, -0.2) is 0 Å². The second-order valence-electron chi connectivity index (χ2n) is 4.04. The van der Waals surface area contributed by atoms with Crippen LogP contribution < -0.4 is 0 Å². The van der Waals surface area contributed by atoms with Gasteiger partial charge in [0, 0.05) is 12.8 Å². The van der Waals surface area contributed by atoms with E-state index < -0.39 is 0 Å². The zero-order chi connectivity index (χ0) is 11.4. The number of rotatable bonds is 1. The van der Waals surface area contributed by atoms with Gasteiger partial charge in [-0.3, -0.25) is 0 Å². The zero-order valence-corrected chi connectivity index (χ0v) is 10.3. The molecule has 0 amide bonds. The lowest BCUT2D eigenvalue weighted by molar-refractivity contribution is -0.544.